The minimum absolute atomic E-state index is 0.0138. The Morgan fingerprint density at radius 1 is 1.40 bits per heavy atom. The Balaban J connectivity index is 1.54. The van der Waals surface area contributed by atoms with Crippen LogP contribution in [0.15, 0.2) is 11.6 Å². The Morgan fingerprint density at radius 3 is 3.00 bits per heavy atom. The molecule has 0 radical (unpaired) electrons. The van der Waals surface area contributed by atoms with Gasteiger partial charge in [0.1, 0.15) is 0 Å². The zero-order valence-corrected chi connectivity index (χ0v) is 15.5. The maximum absolute atomic E-state index is 12.6. The molecule has 0 aliphatic carbocycles. The first kappa shape index (κ1) is 17.0. The van der Waals surface area contributed by atoms with Crippen LogP contribution in [0.5, 0.6) is 0 Å². The molecule has 0 aromatic carbocycles. The van der Waals surface area contributed by atoms with Crippen molar-refractivity contribution in [3.05, 3.63) is 17.1 Å². The van der Waals surface area contributed by atoms with Crippen molar-refractivity contribution in [1.29, 1.82) is 0 Å². The van der Waals surface area contributed by atoms with Crippen molar-refractivity contribution in [2.45, 2.75) is 51.2 Å². The fraction of sp³-hybridized carbons (Fsp3) is 0.722. The third kappa shape index (κ3) is 3.44. The second kappa shape index (κ2) is 7.03. The number of piperidine rings is 3. The molecular weight excluding hydrogens is 336 g/mol. The molecule has 136 valence electrons. The van der Waals surface area contributed by atoms with Gasteiger partial charge in [-0.2, -0.15) is 0 Å². The summed E-state index contributed by atoms with van der Waals surface area (Å²) >= 11 is 1.50. The van der Waals surface area contributed by atoms with Crippen LogP contribution in [0.1, 0.15) is 38.2 Å². The van der Waals surface area contributed by atoms with Crippen LogP contribution >= 0.6 is 11.5 Å². The highest BCUT2D eigenvalue weighted by Gasteiger charge is 2.49. The fourth-order valence-electron chi connectivity index (χ4n) is 5.08. The number of carbonyl (C=O) groups is 2. The van der Waals surface area contributed by atoms with Gasteiger partial charge in [-0.25, -0.2) is 4.37 Å². The van der Waals surface area contributed by atoms with Gasteiger partial charge in [0.15, 0.2) is 0 Å². The Kier molecular flexibility index (Phi) is 4.78. The van der Waals surface area contributed by atoms with Crippen LogP contribution < -0.4 is 5.32 Å². The summed E-state index contributed by atoms with van der Waals surface area (Å²) in [6.07, 6.45) is 5.91. The Labute approximate surface area is 152 Å². The number of aromatic nitrogens is 1. The maximum atomic E-state index is 12.6. The molecule has 2 amide bonds. The lowest BCUT2D eigenvalue weighted by molar-refractivity contribution is -0.153. The number of rotatable bonds is 4. The van der Waals surface area contributed by atoms with Crippen molar-refractivity contribution >= 4 is 23.3 Å². The Hall–Kier alpha value is -1.47. The van der Waals surface area contributed by atoms with Gasteiger partial charge in [0, 0.05) is 57.1 Å². The van der Waals surface area contributed by atoms with E-state index in [0.717, 1.165) is 32.5 Å². The minimum atomic E-state index is -0.0138. The van der Waals surface area contributed by atoms with Crippen molar-refractivity contribution in [3.63, 3.8) is 0 Å². The van der Waals surface area contributed by atoms with Crippen LogP contribution in [0.2, 0.25) is 0 Å². The van der Waals surface area contributed by atoms with Gasteiger partial charge >= 0.3 is 0 Å². The lowest BCUT2D eigenvalue weighted by atomic mass is 9.72. The first-order chi connectivity index (χ1) is 12.1. The third-order valence-corrected chi connectivity index (χ3v) is 6.66. The molecule has 0 unspecified atom stereocenters. The molecule has 3 saturated heterocycles. The van der Waals surface area contributed by atoms with E-state index in [-0.39, 0.29) is 17.9 Å². The normalized spacial score (nSPS) is 32.4. The summed E-state index contributed by atoms with van der Waals surface area (Å²) in [6, 6.07) is 0.487. The van der Waals surface area contributed by atoms with Crippen molar-refractivity contribution in [1.82, 2.24) is 19.5 Å². The Bertz CT molecular complexity index is 635. The molecule has 1 N–H and O–H groups in total. The second-order valence-electron chi connectivity index (χ2n) is 7.75. The van der Waals surface area contributed by atoms with Crippen molar-refractivity contribution in [3.8, 4) is 0 Å². The molecule has 3 aliphatic rings. The molecule has 2 bridgehead atoms. The lowest BCUT2D eigenvalue weighted by Crippen LogP contribution is -2.66. The molecule has 7 heteroatoms. The summed E-state index contributed by atoms with van der Waals surface area (Å²) in [7, 11) is 0. The third-order valence-electron chi connectivity index (χ3n) is 6.02. The molecule has 3 fully saturated rings. The Morgan fingerprint density at radius 2 is 2.24 bits per heavy atom. The summed E-state index contributed by atoms with van der Waals surface area (Å²) in [6.45, 7) is 5.14. The van der Waals surface area contributed by atoms with Crippen LogP contribution in [-0.2, 0) is 16.1 Å². The van der Waals surface area contributed by atoms with Gasteiger partial charge < -0.3 is 10.2 Å². The molecule has 4 heterocycles. The zero-order valence-electron chi connectivity index (χ0n) is 14.7. The van der Waals surface area contributed by atoms with Crippen LogP contribution in [0.3, 0.4) is 0 Å². The van der Waals surface area contributed by atoms with Gasteiger partial charge in [-0.15, -0.1) is 0 Å². The zero-order chi connectivity index (χ0) is 17.4. The van der Waals surface area contributed by atoms with Crippen molar-refractivity contribution in [2.24, 2.45) is 11.8 Å². The number of amides is 2. The van der Waals surface area contributed by atoms with E-state index in [1.54, 1.807) is 6.92 Å². The highest BCUT2D eigenvalue weighted by Crippen LogP contribution is 2.41. The molecule has 1 aromatic heterocycles. The fourth-order valence-corrected chi connectivity index (χ4v) is 5.60. The summed E-state index contributed by atoms with van der Waals surface area (Å²) in [5.74, 6) is 1.27. The minimum Gasteiger partial charge on any atom is -0.354 e. The maximum Gasteiger partial charge on any atom is 0.223 e. The SMILES string of the molecule is CC(=O)NC[C@H]1[C@H]2C[C@H](CN(Cc3cnsc3)C2)[C@@H]2CCCC(=O)N21. The predicted molar refractivity (Wildman–Crippen MR) is 95.9 cm³/mol. The number of likely N-dealkylation sites (tertiary alicyclic amines) is 1. The van der Waals surface area contributed by atoms with Gasteiger partial charge in [-0.1, -0.05) is 0 Å². The highest BCUT2D eigenvalue weighted by molar-refractivity contribution is 7.03. The average molecular weight is 362 g/mol. The van der Waals surface area contributed by atoms with E-state index in [2.05, 4.69) is 24.9 Å². The number of fused-ring (bicyclic) bond motifs is 4. The van der Waals surface area contributed by atoms with E-state index < -0.39 is 0 Å². The van der Waals surface area contributed by atoms with Gasteiger partial charge in [-0.05, 0) is 48.2 Å². The van der Waals surface area contributed by atoms with Crippen LogP contribution in [0, 0.1) is 11.8 Å². The van der Waals surface area contributed by atoms with Crippen LogP contribution in [0.25, 0.3) is 0 Å². The van der Waals surface area contributed by atoms with Gasteiger partial charge in [-0.3, -0.25) is 14.5 Å². The molecule has 1 aromatic rings. The summed E-state index contributed by atoms with van der Waals surface area (Å²) in [5, 5.41) is 5.09. The van der Waals surface area contributed by atoms with Gasteiger partial charge in [0.2, 0.25) is 11.8 Å². The topological polar surface area (TPSA) is 65.5 Å². The smallest absolute Gasteiger partial charge is 0.223 e. The molecule has 3 aliphatic heterocycles. The number of hydrogen-bond donors (Lipinski definition) is 1. The number of nitrogens with one attached hydrogen (secondary N) is 1. The standard InChI is InChI=1S/C18H26N4O2S/c1-12(23)19-7-17-15-5-14(16-3-2-4-18(24)22(16)17)9-21(10-15)8-13-6-20-25-11-13/h6,11,14-17H,2-5,7-10H2,1H3,(H,19,23)/t14-,15+,16+,17+/m1/s1. The molecule has 0 spiro atoms. The van der Waals surface area contributed by atoms with Gasteiger partial charge in [0.25, 0.3) is 0 Å². The van der Waals surface area contributed by atoms with Crippen molar-refractivity contribution in [2.75, 3.05) is 19.6 Å². The molecule has 4 atom stereocenters. The summed E-state index contributed by atoms with van der Waals surface area (Å²) < 4.78 is 4.21. The molecule has 25 heavy (non-hydrogen) atoms. The molecule has 0 saturated carbocycles. The monoisotopic (exact) mass is 362 g/mol. The molecular formula is C18H26N4O2S. The summed E-state index contributed by atoms with van der Waals surface area (Å²) in [5.41, 5.74) is 1.28. The number of carbonyl (C=O) groups excluding carboxylic acids is 2. The van der Waals surface area contributed by atoms with E-state index in [4.69, 9.17) is 0 Å². The van der Waals surface area contributed by atoms with E-state index >= 15 is 0 Å². The average Bonchev–Trinajstić information content (AvgIpc) is 3.08. The van der Waals surface area contributed by atoms with E-state index in [1.807, 2.05) is 6.20 Å². The van der Waals surface area contributed by atoms with Crippen LogP contribution in [-0.4, -0.2) is 57.7 Å². The largest absolute Gasteiger partial charge is 0.354 e. The van der Waals surface area contributed by atoms with E-state index in [0.29, 0.717) is 30.8 Å². The molecule has 4 rings (SSSR count). The number of nitrogens with zero attached hydrogens (tertiary/aromatic N) is 3. The number of hydrogen-bond acceptors (Lipinski definition) is 5. The van der Waals surface area contributed by atoms with Crippen LogP contribution in [0.4, 0.5) is 0 Å². The second-order valence-corrected chi connectivity index (χ2v) is 8.40. The first-order valence-corrected chi connectivity index (χ1v) is 10.1. The molecule has 6 nitrogen and oxygen atoms in total. The van der Waals surface area contributed by atoms with E-state index in [9.17, 15) is 9.59 Å². The summed E-state index contributed by atoms with van der Waals surface area (Å²) in [4.78, 5) is 28.8. The first-order valence-electron chi connectivity index (χ1n) is 9.28. The van der Waals surface area contributed by atoms with Crippen molar-refractivity contribution < 1.29 is 9.59 Å². The quantitative estimate of drug-likeness (QED) is 0.881. The predicted octanol–water partition coefficient (Wildman–Crippen LogP) is 1.48. The van der Waals surface area contributed by atoms with Gasteiger partial charge in [0.05, 0.1) is 6.04 Å². The lowest BCUT2D eigenvalue weighted by Gasteiger charge is -2.56. The highest BCUT2D eigenvalue weighted by atomic mass is 32.1. The van der Waals surface area contributed by atoms with E-state index in [1.165, 1.54) is 23.5 Å².